The monoisotopic (exact) mass is 253 g/mol. The molecule has 1 heterocycles. The van der Waals surface area contributed by atoms with Crippen LogP contribution in [0.5, 0.6) is 0 Å². The average molecular weight is 253 g/mol. The second-order valence-electron chi connectivity index (χ2n) is 7.91. The van der Waals surface area contributed by atoms with Crippen LogP contribution in [0.2, 0.25) is 0 Å². The molecule has 0 spiro atoms. The molecular formula is C16H31NO. The first-order valence-electron chi connectivity index (χ1n) is 7.31. The lowest BCUT2D eigenvalue weighted by Crippen LogP contribution is -2.52. The van der Waals surface area contributed by atoms with Gasteiger partial charge in [-0.05, 0) is 32.6 Å². The first-order valence-corrected chi connectivity index (χ1v) is 7.31. The largest absolute Gasteiger partial charge is 0.297 e. The molecule has 0 aromatic rings. The van der Waals surface area contributed by atoms with E-state index in [1.807, 2.05) is 20.8 Å². The molecule has 106 valence electrons. The Kier molecular flexibility index (Phi) is 4.32. The lowest BCUT2D eigenvalue weighted by molar-refractivity contribution is -0.133. The summed E-state index contributed by atoms with van der Waals surface area (Å²) in [6, 6.07) is 0.0925. The van der Waals surface area contributed by atoms with E-state index in [-0.39, 0.29) is 17.0 Å². The summed E-state index contributed by atoms with van der Waals surface area (Å²) in [7, 11) is 0. The van der Waals surface area contributed by atoms with E-state index in [9.17, 15) is 4.79 Å². The summed E-state index contributed by atoms with van der Waals surface area (Å²) in [5, 5.41) is 0. The quantitative estimate of drug-likeness (QED) is 0.747. The highest BCUT2D eigenvalue weighted by Gasteiger charge is 2.48. The molecule has 1 saturated heterocycles. The molecule has 2 nitrogen and oxygen atoms in total. The zero-order valence-corrected chi connectivity index (χ0v) is 13.5. The summed E-state index contributed by atoms with van der Waals surface area (Å²) in [4.78, 5) is 15.2. The topological polar surface area (TPSA) is 20.3 Å². The Morgan fingerprint density at radius 3 is 2.00 bits per heavy atom. The summed E-state index contributed by atoms with van der Waals surface area (Å²) in [5.74, 6) is 1.53. The van der Waals surface area contributed by atoms with Crippen LogP contribution in [0.3, 0.4) is 0 Å². The van der Waals surface area contributed by atoms with Gasteiger partial charge in [0, 0.05) is 17.5 Å². The normalized spacial score (nSPS) is 30.8. The van der Waals surface area contributed by atoms with Crippen LogP contribution in [0.4, 0.5) is 0 Å². The van der Waals surface area contributed by atoms with Crippen molar-refractivity contribution in [2.75, 3.05) is 6.54 Å². The molecule has 1 rings (SSSR count). The highest BCUT2D eigenvalue weighted by atomic mass is 16.1. The molecule has 0 aromatic heterocycles. The maximum atomic E-state index is 12.8. The van der Waals surface area contributed by atoms with Gasteiger partial charge in [-0.2, -0.15) is 0 Å². The summed E-state index contributed by atoms with van der Waals surface area (Å²) >= 11 is 0. The van der Waals surface area contributed by atoms with E-state index in [1.54, 1.807) is 0 Å². The summed E-state index contributed by atoms with van der Waals surface area (Å²) in [6.07, 6.45) is 1.17. The van der Waals surface area contributed by atoms with Gasteiger partial charge >= 0.3 is 0 Å². The van der Waals surface area contributed by atoms with Crippen molar-refractivity contribution in [2.24, 2.45) is 17.3 Å². The molecule has 3 unspecified atom stereocenters. The first-order chi connectivity index (χ1) is 8.00. The molecule has 0 aromatic carbocycles. The van der Waals surface area contributed by atoms with Crippen molar-refractivity contribution in [3.05, 3.63) is 0 Å². The average Bonchev–Trinajstić information content (AvgIpc) is 2.52. The first kappa shape index (κ1) is 15.7. The van der Waals surface area contributed by atoms with Gasteiger partial charge in [0.25, 0.3) is 0 Å². The van der Waals surface area contributed by atoms with Crippen LogP contribution in [0.25, 0.3) is 0 Å². The highest BCUT2D eigenvalue weighted by molar-refractivity contribution is 5.89. The van der Waals surface area contributed by atoms with Crippen molar-refractivity contribution in [1.82, 2.24) is 4.90 Å². The number of hydrogen-bond acceptors (Lipinski definition) is 2. The van der Waals surface area contributed by atoms with Crippen LogP contribution in [-0.2, 0) is 4.79 Å². The molecule has 2 heteroatoms. The van der Waals surface area contributed by atoms with E-state index in [0.717, 1.165) is 6.54 Å². The molecule has 1 fully saturated rings. The highest BCUT2D eigenvalue weighted by Crippen LogP contribution is 2.39. The van der Waals surface area contributed by atoms with Gasteiger partial charge in [-0.1, -0.05) is 41.0 Å². The maximum absolute atomic E-state index is 12.8. The fraction of sp³-hybridized carbons (Fsp3) is 0.938. The standard InChI is InChI=1S/C16H31NO/c1-9-12-10-17(16(6,7)8)13(11(12)2)14(18)15(3,4)5/h11-13H,9-10H2,1-8H3. The predicted molar refractivity (Wildman–Crippen MR) is 77.7 cm³/mol. The minimum atomic E-state index is -0.245. The number of ketones is 1. The Morgan fingerprint density at radius 2 is 1.67 bits per heavy atom. The minimum absolute atomic E-state index is 0.0732. The van der Waals surface area contributed by atoms with Crippen LogP contribution in [0.1, 0.15) is 61.8 Å². The van der Waals surface area contributed by atoms with Gasteiger partial charge in [0.2, 0.25) is 0 Å². The van der Waals surface area contributed by atoms with Gasteiger partial charge in [-0.3, -0.25) is 9.69 Å². The van der Waals surface area contributed by atoms with E-state index >= 15 is 0 Å². The summed E-state index contributed by atoms with van der Waals surface area (Å²) < 4.78 is 0. The van der Waals surface area contributed by atoms with E-state index in [1.165, 1.54) is 6.42 Å². The van der Waals surface area contributed by atoms with Crippen molar-refractivity contribution in [3.63, 3.8) is 0 Å². The molecule has 0 radical (unpaired) electrons. The molecule has 3 atom stereocenters. The fourth-order valence-corrected chi connectivity index (χ4v) is 3.09. The van der Waals surface area contributed by atoms with Crippen LogP contribution < -0.4 is 0 Å². The molecule has 0 bridgehead atoms. The maximum Gasteiger partial charge on any atom is 0.155 e. The van der Waals surface area contributed by atoms with Gasteiger partial charge < -0.3 is 0 Å². The third kappa shape index (κ3) is 2.96. The van der Waals surface area contributed by atoms with Crippen molar-refractivity contribution in [3.8, 4) is 0 Å². The van der Waals surface area contributed by atoms with Crippen molar-refractivity contribution in [1.29, 1.82) is 0 Å². The Morgan fingerprint density at radius 1 is 1.17 bits per heavy atom. The Hall–Kier alpha value is -0.370. The fourth-order valence-electron chi connectivity index (χ4n) is 3.09. The third-order valence-corrected chi connectivity index (χ3v) is 4.40. The summed E-state index contributed by atoms with van der Waals surface area (Å²) in [5.41, 5.74) is -0.172. The SMILES string of the molecule is CCC1CN(C(C)(C)C)C(C(=O)C(C)(C)C)C1C. The third-order valence-electron chi connectivity index (χ3n) is 4.40. The molecule has 1 aliphatic rings. The molecule has 18 heavy (non-hydrogen) atoms. The molecule has 0 saturated carbocycles. The smallest absolute Gasteiger partial charge is 0.155 e. The predicted octanol–water partition coefficient (Wildman–Crippen LogP) is 3.75. The number of nitrogens with zero attached hydrogens (tertiary/aromatic N) is 1. The number of likely N-dealkylation sites (tertiary alicyclic amines) is 1. The lowest BCUT2D eigenvalue weighted by atomic mass is 9.79. The van der Waals surface area contributed by atoms with Crippen molar-refractivity contribution < 1.29 is 4.79 Å². The Bertz CT molecular complexity index is 308. The lowest BCUT2D eigenvalue weighted by Gasteiger charge is -2.39. The van der Waals surface area contributed by atoms with Gasteiger partial charge in [-0.15, -0.1) is 0 Å². The number of carbonyl (C=O) groups excluding carboxylic acids is 1. The van der Waals surface area contributed by atoms with E-state index in [0.29, 0.717) is 17.6 Å². The number of rotatable bonds is 2. The van der Waals surface area contributed by atoms with Crippen molar-refractivity contribution in [2.45, 2.75) is 73.4 Å². The summed E-state index contributed by atoms with van der Waals surface area (Å²) in [6.45, 7) is 18.4. The Balaban J connectivity index is 3.07. The van der Waals surface area contributed by atoms with Crippen molar-refractivity contribution >= 4 is 5.78 Å². The second-order valence-corrected chi connectivity index (χ2v) is 7.91. The zero-order valence-electron chi connectivity index (χ0n) is 13.5. The van der Waals surface area contributed by atoms with Crippen LogP contribution in [0.15, 0.2) is 0 Å². The molecular weight excluding hydrogens is 222 g/mol. The van der Waals surface area contributed by atoms with Gasteiger partial charge in [0.15, 0.2) is 5.78 Å². The molecule has 1 aliphatic heterocycles. The minimum Gasteiger partial charge on any atom is -0.297 e. The number of carbonyl (C=O) groups is 1. The van der Waals surface area contributed by atoms with Gasteiger partial charge in [-0.25, -0.2) is 0 Å². The molecule has 0 amide bonds. The van der Waals surface area contributed by atoms with Crippen LogP contribution in [0, 0.1) is 17.3 Å². The second kappa shape index (κ2) is 4.96. The van der Waals surface area contributed by atoms with E-state index < -0.39 is 0 Å². The zero-order chi connectivity index (χ0) is 14.3. The van der Waals surface area contributed by atoms with Gasteiger partial charge in [0.05, 0.1) is 6.04 Å². The van der Waals surface area contributed by atoms with Crippen LogP contribution >= 0.6 is 0 Å². The van der Waals surface area contributed by atoms with E-state index in [2.05, 4.69) is 39.5 Å². The van der Waals surface area contributed by atoms with Gasteiger partial charge in [0.1, 0.15) is 0 Å². The molecule has 0 aliphatic carbocycles. The van der Waals surface area contributed by atoms with E-state index in [4.69, 9.17) is 0 Å². The molecule has 0 N–H and O–H groups in total. The Labute approximate surface area is 113 Å². The number of Topliss-reactive ketones (excluding diaryl/α,β-unsaturated/α-hetero) is 1. The van der Waals surface area contributed by atoms with Crippen LogP contribution in [-0.4, -0.2) is 28.8 Å². The number of hydrogen-bond donors (Lipinski definition) is 0.